The Labute approximate surface area is 218 Å². The van der Waals surface area contributed by atoms with E-state index in [4.69, 9.17) is 14.5 Å². The van der Waals surface area contributed by atoms with Crippen molar-refractivity contribution < 1.29 is 19.1 Å². The van der Waals surface area contributed by atoms with Gasteiger partial charge in [0.2, 0.25) is 11.8 Å². The number of methoxy groups -OCH3 is 1. The molecule has 4 heterocycles. The van der Waals surface area contributed by atoms with E-state index >= 15 is 0 Å². The first-order chi connectivity index (χ1) is 17.8. The molecule has 0 radical (unpaired) electrons. The van der Waals surface area contributed by atoms with Crippen molar-refractivity contribution in [1.82, 2.24) is 25.6 Å². The van der Waals surface area contributed by atoms with Crippen LogP contribution in [0.5, 0.6) is 5.88 Å². The molecule has 4 atom stereocenters. The van der Waals surface area contributed by atoms with Gasteiger partial charge in [0, 0.05) is 24.9 Å². The zero-order chi connectivity index (χ0) is 26.2. The van der Waals surface area contributed by atoms with E-state index < -0.39 is 17.6 Å². The van der Waals surface area contributed by atoms with Crippen LogP contribution >= 0.6 is 11.3 Å². The van der Waals surface area contributed by atoms with Gasteiger partial charge >= 0.3 is 5.97 Å². The van der Waals surface area contributed by atoms with Crippen LogP contribution in [-0.2, 0) is 14.3 Å². The Bertz CT molecular complexity index is 1340. The summed E-state index contributed by atoms with van der Waals surface area (Å²) in [5.74, 6) is 0.837. The predicted octanol–water partition coefficient (Wildman–Crippen LogP) is 2.92. The van der Waals surface area contributed by atoms with Crippen LogP contribution < -0.4 is 20.7 Å². The van der Waals surface area contributed by atoms with Crippen molar-refractivity contribution in [2.24, 2.45) is 5.92 Å². The first kappa shape index (κ1) is 25.1. The number of hydrogen-bond acceptors (Lipinski definition) is 10. The molecule has 3 aromatic heterocycles. The van der Waals surface area contributed by atoms with Crippen LogP contribution in [0.4, 0.5) is 5.82 Å². The van der Waals surface area contributed by atoms with Crippen LogP contribution in [0, 0.1) is 5.92 Å². The van der Waals surface area contributed by atoms with Crippen LogP contribution in [0.1, 0.15) is 26.7 Å². The topological polar surface area (TPSA) is 127 Å². The van der Waals surface area contributed by atoms with Crippen molar-refractivity contribution in [3.63, 3.8) is 0 Å². The summed E-state index contributed by atoms with van der Waals surface area (Å²) in [5, 5.41) is 11.3. The highest BCUT2D eigenvalue weighted by Crippen LogP contribution is 2.45. The van der Waals surface area contributed by atoms with E-state index in [1.807, 2.05) is 29.6 Å². The second-order valence-corrected chi connectivity index (χ2v) is 10.5. The Hall–Kier alpha value is -3.57. The number of pyridine rings is 1. The standard InChI is InChI=1S/C26H30N6O4S/c1-5-15-12-26(15,25(34)35-4)32-23(33)19-11-16(13-27-19)36-24-21-17(9-10-37-21)30-22(31-24)18-7-6-8-20(29-18)28-14(2)3/h5-10,14-16,19,27H,1,11-13H2,2-4H3,(H,28,29)(H,32,33)/t15-,16-,19+,26-/m1/s1. The molecule has 37 heavy (non-hydrogen) atoms. The monoisotopic (exact) mass is 522 g/mol. The van der Waals surface area contributed by atoms with Crippen LogP contribution in [0.3, 0.4) is 0 Å². The highest BCUT2D eigenvalue weighted by atomic mass is 32.1. The molecule has 10 nitrogen and oxygen atoms in total. The number of carbonyl (C=O) groups is 2. The molecule has 1 saturated carbocycles. The maximum absolute atomic E-state index is 13.0. The molecule has 1 saturated heterocycles. The van der Waals surface area contributed by atoms with E-state index in [9.17, 15) is 9.59 Å². The van der Waals surface area contributed by atoms with E-state index in [0.717, 1.165) is 16.0 Å². The molecule has 0 spiro atoms. The van der Waals surface area contributed by atoms with Crippen LogP contribution in [0.15, 0.2) is 42.3 Å². The van der Waals surface area contributed by atoms with Gasteiger partial charge in [0.15, 0.2) is 5.82 Å². The third kappa shape index (κ3) is 5.01. The molecule has 2 aliphatic rings. The summed E-state index contributed by atoms with van der Waals surface area (Å²) in [7, 11) is 1.32. The molecule has 1 aliphatic carbocycles. The van der Waals surface area contributed by atoms with Gasteiger partial charge in [-0.05, 0) is 43.8 Å². The fourth-order valence-corrected chi connectivity index (χ4v) is 5.37. The fraction of sp³-hybridized carbons (Fsp3) is 0.423. The number of esters is 1. The summed E-state index contributed by atoms with van der Waals surface area (Å²) in [6, 6.07) is 7.35. The summed E-state index contributed by atoms with van der Waals surface area (Å²) in [5.41, 5.74) is 0.392. The second-order valence-electron chi connectivity index (χ2n) is 9.63. The minimum absolute atomic E-state index is 0.133. The molecule has 5 rings (SSSR count). The molecule has 0 aromatic carbocycles. The average Bonchev–Trinajstić information content (AvgIpc) is 3.20. The summed E-state index contributed by atoms with van der Waals surface area (Å²) in [6.45, 7) is 8.32. The zero-order valence-electron chi connectivity index (χ0n) is 21.0. The van der Waals surface area contributed by atoms with Crippen molar-refractivity contribution in [1.29, 1.82) is 0 Å². The number of carbonyl (C=O) groups excluding carboxylic acids is 2. The lowest BCUT2D eigenvalue weighted by Crippen LogP contribution is -2.51. The molecule has 1 amide bonds. The van der Waals surface area contributed by atoms with Crippen molar-refractivity contribution >= 4 is 39.2 Å². The smallest absolute Gasteiger partial charge is 0.332 e. The van der Waals surface area contributed by atoms with Crippen molar-refractivity contribution in [2.75, 3.05) is 19.0 Å². The Morgan fingerprint density at radius 1 is 1.27 bits per heavy atom. The van der Waals surface area contributed by atoms with Crippen LogP contribution in [0.2, 0.25) is 0 Å². The lowest BCUT2D eigenvalue weighted by atomic mass is 10.1. The van der Waals surface area contributed by atoms with Gasteiger partial charge in [-0.15, -0.1) is 17.9 Å². The number of amides is 1. The quantitative estimate of drug-likeness (QED) is 0.287. The lowest BCUT2D eigenvalue weighted by molar-refractivity contribution is -0.147. The largest absolute Gasteiger partial charge is 0.472 e. The zero-order valence-corrected chi connectivity index (χ0v) is 21.8. The first-order valence-corrected chi connectivity index (χ1v) is 13.1. The van der Waals surface area contributed by atoms with E-state index in [1.165, 1.54) is 18.4 Å². The Kier molecular flexibility index (Phi) is 6.82. The Morgan fingerprint density at radius 2 is 2.11 bits per heavy atom. The molecule has 3 N–H and O–H groups in total. The van der Waals surface area contributed by atoms with Gasteiger partial charge in [-0.1, -0.05) is 12.1 Å². The summed E-state index contributed by atoms with van der Waals surface area (Å²) >= 11 is 1.50. The van der Waals surface area contributed by atoms with Gasteiger partial charge in [0.1, 0.15) is 27.9 Å². The lowest BCUT2D eigenvalue weighted by Gasteiger charge is -2.19. The van der Waals surface area contributed by atoms with Gasteiger partial charge < -0.3 is 25.4 Å². The molecule has 0 unspecified atom stereocenters. The fourth-order valence-electron chi connectivity index (χ4n) is 4.61. The molecular formula is C26H30N6O4S. The molecule has 0 bridgehead atoms. The van der Waals surface area contributed by atoms with Gasteiger partial charge in [0.25, 0.3) is 0 Å². The number of fused-ring (bicyclic) bond motifs is 1. The van der Waals surface area contributed by atoms with Crippen LogP contribution in [0.25, 0.3) is 21.7 Å². The highest BCUT2D eigenvalue weighted by molar-refractivity contribution is 7.17. The molecular weight excluding hydrogens is 492 g/mol. The van der Waals surface area contributed by atoms with Crippen molar-refractivity contribution in [3.05, 3.63) is 42.3 Å². The SMILES string of the molecule is C=C[C@@H]1C[C@]1(NC(=O)[C@@H]1C[C@@H](Oc2nc(-c3cccc(NC(C)C)n3)nc3ccsc23)CN1)C(=O)OC. The maximum Gasteiger partial charge on any atom is 0.332 e. The van der Waals surface area contributed by atoms with Gasteiger partial charge in [-0.25, -0.2) is 14.8 Å². The average molecular weight is 523 g/mol. The predicted molar refractivity (Wildman–Crippen MR) is 141 cm³/mol. The molecule has 194 valence electrons. The molecule has 2 fully saturated rings. The van der Waals surface area contributed by atoms with Gasteiger partial charge in [0.05, 0.1) is 18.7 Å². The summed E-state index contributed by atoms with van der Waals surface area (Å²) in [6.07, 6.45) is 2.31. The van der Waals surface area contributed by atoms with Crippen molar-refractivity contribution in [3.8, 4) is 17.4 Å². The van der Waals surface area contributed by atoms with Crippen LogP contribution in [-0.4, -0.2) is 64.2 Å². The third-order valence-electron chi connectivity index (χ3n) is 6.57. The number of anilines is 1. The maximum atomic E-state index is 13.0. The molecule has 11 heteroatoms. The number of hydrogen-bond donors (Lipinski definition) is 3. The number of thiophene rings is 1. The van der Waals surface area contributed by atoms with E-state index in [1.54, 1.807) is 6.08 Å². The Balaban J connectivity index is 1.31. The number of nitrogens with one attached hydrogen (secondary N) is 3. The molecule has 1 aliphatic heterocycles. The third-order valence-corrected chi connectivity index (χ3v) is 7.46. The molecule has 3 aromatic rings. The highest BCUT2D eigenvalue weighted by Gasteiger charge is 2.61. The number of rotatable bonds is 9. The number of ether oxygens (including phenoxy) is 2. The normalized spacial score (nSPS) is 24.6. The number of nitrogens with zero attached hydrogens (tertiary/aromatic N) is 3. The van der Waals surface area contributed by atoms with Gasteiger partial charge in [-0.3, -0.25) is 4.79 Å². The van der Waals surface area contributed by atoms with E-state index in [0.29, 0.717) is 36.8 Å². The Morgan fingerprint density at radius 3 is 2.84 bits per heavy atom. The van der Waals surface area contributed by atoms with Gasteiger partial charge in [-0.2, -0.15) is 4.98 Å². The first-order valence-electron chi connectivity index (χ1n) is 12.2. The second kappa shape index (κ2) is 10.1. The minimum atomic E-state index is -1.02. The van der Waals surface area contributed by atoms with E-state index in [-0.39, 0.29) is 24.0 Å². The summed E-state index contributed by atoms with van der Waals surface area (Å²) in [4.78, 5) is 39.3. The van der Waals surface area contributed by atoms with E-state index in [2.05, 4.69) is 46.3 Å². The summed E-state index contributed by atoms with van der Waals surface area (Å²) < 4.78 is 12.1. The number of aromatic nitrogens is 3. The van der Waals surface area contributed by atoms with Crippen molar-refractivity contribution in [2.45, 2.75) is 50.4 Å². The minimum Gasteiger partial charge on any atom is -0.472 e.